The number of nitrogens with two attached hydrogens (primary N) is 2. The first kappa shape index (κ1) is 9.95. The van der Waals surface area contributed by atoms with Crippen LogP contribution < -0.4 is 11.5 Å². The fourth-order valence-electron chi connectivity index (χ4n) is 0.907. The monoisotopic (exact) mass is 202 g/mol. The third-order valence-corrected chi connectivity index (χ3v) is 1.84. The van der Waals surface area contributed by atoms with E-state index in [1.165, 1.54) is 12.1 Å². The van der Waals surface area contributed by atoms with Crippen LogP contribution in [0.2, 0.25) is 5.02 Å². The lowest BCUT2D eigenvalue weighted by Gasteiger charge is -2.08. The summed E-state index contributed by atoms with van der Waals surface area (Å²) in [6.45, 7) is 0. The number of benzene rings is 1. The van der Waals surface area contributed by atoms with Gasteiger partial charge < -0.3 is 11.5 Å². The van der Waals surface area contributed by atoms with Crippen LogP contribution in [-0.4, -0.2) is 5.91 Å². The van der Waals surface area contributed by atoms with E-state index in [2.05, 4.69) is 0 Å². The minimum absolute atomic E-state index is 0.0527. The summed E-state index contributed by atoms with van der Waals surface area (Å²) in [5.74, 6) is -1.40. The maximum Gasteiger partial charge on any atom is 0.239 e. The fourth-order valence-corrected chi connectivity index (χ4v) is 1.07. The van der Waals surface area contributed by atoms with Gasteiger partial charge in [0.1, 0.15) is 11.9 Å². The van der Waals surface area contributed by atoms with E-state index in [-0.39, 0.29) is 10.6 Å². The lowest BCUT2D eigenvalue weighted by atomic mass is 10.1. The zero-order valence-corrected chi connectivity index (χ0v) is 7.38. The average molecular weight is 203 g/mol. The first-order chi connectivity index (χ1) is 6.02. The standard InChI is InChI=1S/C8H8ClFN2O/c9-4-1-2-5(6(10)3-4)7(11)8(12)13/h1-3,7H,11H2,(H2,12,13). The number of primary amides is 1. The molecular formula is C8H8ClFN2O. The molecule has 0 aromatic heterocycles. The Balaban J connectivity index is 3.08. The van der Waals surface area contributed by atoms with Crippen molar-refractivity contribution >= 4 is 17.5 Å². The lowest BCUT2D eigenvalue weighted by Crippen LogP contribution is -2.28. The number of carbonyl (C=O) groups excluding carboxylic acids is 1. The molecule has 0 aliphatic carbocycles. The van der Waals surface area contributed by atoms with Crippen LogP contribution in [0.15, 0.2) is 18.2 Å². The summed E-state index contributed by atoms with van der Waals surface area (Å²) < 4.78 is 13.1. The molecule has 0 saturated heterocycles. The second kappa shape index (κ2) is 3.72. The molecule has 1 amide bonds. The summed E-state index contributed by atoms with van der Waals surface area (Å²) in [5, 5.41) is 0.248. The van der Waals surface area contributed by atoms with E-state index in [0.29, 0.717) is 0 Å². The molecular weight excluding hydrogens is 195 g/mol. The molecule has 1 atom stereocenters. The van der Waals surface area contributed by atoms with Crippen LogP contribution in [0.4, 0.5) is 4.39 Å². The highest BCUT2D eigenvalue weighted by Gasteiger charge is 2.16. The van der Waals surface area contributed by atoms with E-state index in [1.54, 1.807) is 0 Å². The topological polar surface area (TPSA) is 69.1 Å². The van der Waals surface area contributed by atoms with E-state index in [1.807, 2.05) is 0 Å². The summed E-state index contributed by atoms with van der Waals surface area (Å²) in [6, 6.07) is 2.74. The molecule has 0 spiro atoms. The largest absolute Gasteiger partial charge is 0.368 e. The quantitative estimate of drug-likeness (QED) is 0.750. The van der Waals surface area contributed by atoms with Crippen LogP contribution in [0, 0.1) is 5.82 Å². The van der Waals surface area contributed by atoms with Crippen LogP contribution >= 0.6 is 11.6 Å². The van der Waals surface area contributed by atoms with Crippen molar-refractivity contribution in [3.8, 4) is 0 Å². The van der Waals surface area contributed by atoms with Crippen molar-refractivity contribution in [2.75, 3.05) is 0 Å². The second-order valence-electron chi connectivity index (χ2n) is 2.55. The van der Waals surface area contributed by atoms with Gasteiger partial charge in [0.15, 0.2) is 0 Å². The first-order valence-electron chi connectivity index (χ1n) is 3.52. The third kappa shape index (κ3) is 2.17. The normalized spacial score (nSPS) is 12.5. The average Bonchev–Trinajstić information content (AvgIpc) is 2.03. The van der Waals surface area contributed by atoms with E-state index >= 15 is 0 Å². The zero-order chi connectivity index (χ0) is 10.0. The highest BCUT2D eigenvalue weighted by molar-refractivity contribution is 6.30. The van der Waals surface area contributed by atoms with Crippen molar-refractivity contribution < 1.29 is 9.18 Å². The fraction of sp³-hybridized carbons (Fsp3) is 0.125. The molecule has 1 unspecified atom stereocenters. The Labute approximate surface area is 79.5 Å². The van der Waals surface area contributed by atoms with Crippen molar-refractivity contribution in [3.05, 3.63) is 34.6 Å². The Morgan fingerprint density at radius 2 is 2.15 bits per heavy atom. The second-order valence-corrected chi connectivity index (χ2v) is 2.98. The van der Waals surface area contributed by atoms with Crippen molar-refractivity contribution in [2.45, 2.75) is 6.04 Å². The van der Waals surface area contributed by atoms with Crippen LogP contribution in [0.1, 0.15) is 11.6 Å². The third-order valence-electron chi connectivity index (χ3n) is 1.60. The van der Waals surface area contributed by atoms with Gasteiger partial charge in [-0.1, -0.05) is 17.7 Å². The van der Waals surface area contributed by atoms with Gasteiger partial charge in [-0.2, -0.15) is 0 Å². The minimum Gasteiger partial charge on any atom is -0.368 e. The molecule has 0 radical (unpaired) electrons. The van der Waals surface area contributed by atoms with Gasteiger partial charge in [0.05, 0.1) is 0 Å². The van der Waals surface area contributed by atoms with Crippen LogP contribution in [-0.2, 0) is 4.79 Å². The summed E-state index contributed by atoms with van der Waals surface area (Å²) in [4.78, 5) is 10.6. The highest BCUT2D eigenvalue weighted by atomic mass is 35.5. The molecule has 70 valence electrons. The Kier molecular flexibility index (Phi) is 2.85. The smallest absolute Gasteiger partial charge is 0.239 e. The van der Waals surface area contributed by atoms with Crippen molar-refractivity contribution in [3.63, 3.8) is 0 Å². The molecule has 0 aliphatic rings. The van der Waals surface area contributed by atoms with E-state index in [0.717, 1.165) is 6.07 Å². The predicted octanol–water partition coefficient (Wildman–Crippen LogP) is 0.964. The Bertz CT molecular complexity index is 343. The molecule has 5 heteroatoms. The van der Waals surface area contributed by atoms with Crippen LogP contribution in [0.25, 0.3) is 0 Å². The molecule has 1 aromatic carbocycles. The van der Waals surface area contributed by atoms with E-state index in [9.17, 15) is 9.18 Å². The molecule has 0 aliphatic heterocycles. The van der Waals surface area contributed by atoms with Gasteiger partial charge >= 0.3 is 0 Å². The molecule has 0 saturated carbocycles. The molecule has 0 fully saturated rings. The highest BCUT2D eigenvalue weighted by Crippen LogP contribution is 2.18. The van der Waals surface area contributed by atoms with Gasteiger partial charge in [0, 0.05) is 10.6 Å². The van der Waals surface area contributed by atoms with Crippen LogP contribution in [0.5, 0.6) is 0 Å². The van der Waals surface area contributed by atoms with Gasteiger partial charge in [0.25, 0.3) is 0 Å². The Morgan fingerprint density at radius 1 is 1.54 bits per heavy atom. The number of hydrogen-bond donors (Lipinski definition) is 2. The zero-order valence-electron chi connectivity index (χ0n) is 6.63. The maximum atomic E-state index is 13.1. The predicted molar refractivity (Wildman–Crippen MR) is 47.5 cm³/mol. The van der Waals surface area contributed by atoms with Gasteiger partial charge in [-0.15, -0.1) is 0 Å². The van der Waals surface area contributed by atoms with E-state index < -0.39 is 17.8 Å². The van der Waals surface area contributed by atoms with Crippen molar-refractivity contribution in [1.82, 2.24) is 0 Å². The number of rotatable bonds is 2. The molecule has 1 rings (SSSR count). The molecule has 13 heavy (non-hydrogen) atoms. The summed E-state index contributed by atoms with van der Waals surface area (Å²) >= 11 is 5.50. The lowest BCUT2D eigenvalue weighted by molar-refractivity contribution is -0.119. The number of halogens is 2. The molecule has 1 aromatic rings. The van der Waals surface area contributed by atoms with Gasteiger partial charge in [-0.25, -0.2) is 4.39 Å². The number of carbonyl (C=O) groups is 1. The molecule has 0 bridgehead atoms. The minimum atomic E-state index is -1.13. The summed E-state index contributed by atoms with van der Waals surface area (Å²) in [7, 11) is 0. The summed E-state index contributed by atoms with van der Waals surface area (Å²) in [6.07, 6.45) is 0. The van der Waals surface area contributed by atoms with E-state index in [4.69, 9.17) is 23.1 Å². The summed E-state index contributed by atoms with van der Waals surface area (Å²) in [5.41, 5.74) is 10.3. The molecule has 0 heterocycles. The van der Waals surface area contributed by atoms with Gasteiger partial charge in [0.2, 0.25) is 5.91 Å². The van der Waals surface area contributed by atoms with Gasteiger partial charge in [-0.3, -0.25) is 4.79 Å². The SMILES string of the molecule is NC(=O)C(N)c1ccc(Cl)cc1F. The Hall–Kier alpha value is -1.13. The molecule has 4 N–H and O–H groups in total. The number of amides is 1. The van der Waals surface area contributed by atoms with Gasteiger partial charge in [-0.05, 0) is 12.1 Å². The Morgan fingerprint density at radius 3 is 2.62 bits per heavy atom. The van der Waals surface area contributed by atoms with Crippen molar-refractivity contribution in [1.29, 1.82) is 0 Å². The number of hydrogen-bond acceptors (Lipinski definition) is 2. The molecule has 3 nitrogen and oxygen atoms in total. The maximum absolute atomic E-state index is 13.1. The van der Waals surface area contributed by atoms with Crippen LogP contribution in [0.3, 0.4) is 0 Å². The first-order valence-corrected chi connectivity index (χ1v) is 3.90. The van der Waals surface area contributed by atoms with Crippen molar-refractivity contribution in [2.24, 2.45) is 11.5 Å².